The van der Waals surface area contributed by atoms with Crippen LogP contribution in [-0.4, -0.2) is 22.9 Å². The number of aromatic carboxylic acids is 1. The normalized spacial score (nSPS) is 15.9. The molecule has 1 fully saturated rings. The highest BCUT2D eigenvalue weighted by atomic mass is 16.4. The van der Waals surface area contributed by atoms with Crippen LogP contribution in [0.1, 0.15) is 35.2 Å². The first-order valence-corrected chi connectivity index (χ1v) is 5.71. The number of amides is 2. The minimum Gasteiger partial charge on any atom is -0.478 e. The maximum Gasteiger partial charge on any atom is 0.337 e. The van der Waals surface area contributed by atoms with Crippen LogP contribution in [0.2, 0.25) is 0 Å². The number of imide groups is 1. The van der Waals surface area contributed by atoms with Gasteiger partial charge in [-0.25, -0.2) is 9.69 Å². The molecule has 1 aliphatic heterocycles. The van der Waals surface area contributed by atoms with E-state index in [0.717, 1.165) is 4.90 Å². The minimum atomic E-state index is -1.14. The van der Waals surface area contributed by atoms with Crippen LogP contribution in [0, 0.1) is 6.92 Å². The number of para-hydroxylation sites is 1. The van der Waals surface area contributed by atoms with Crippen molar-refractivity contribution < 1.29 is 19.5 Å². The first-order valence-electron chi connectivity index (χ1n) is 5.71. The maximum atomic E-state index is 11.8. The van der Waals surface area contributed by atoms with E-state index >= 15 is 0 Å². The first-order chi connectivity index (χ1) is 8.52. The van der Waals surface area contributed by atoms with E-state index in [-0.39, 0.29) is 35.9 Å². The molecule has 5 nitrogen and oxygen atoms in total. The molecule has 1 N–H and O–H groups in total. The molecule has 1 heterocycles. The Hall–Kier alpha value is -2.17. The van der Waals surface area contributed by atoms with Gasteiger partial charge in [-0.2, -0.15) is 0 Å². The fraction of sp³-hybridized carbons (Fsp3) is 0.308. The third-order valence-electron chi connectivity index (χ3n) is 2.97. The molecule has 1 aliphatic rings. The molecule has 0 radical (unpaired) electrons. The predicted molar refractivity (Wildman–Crippen MR) is 64.5 cm³/mol. The SMILES string of the molecule is Cc1cccc(C(=O)O)c1N1C(=O)CCCC1=O. The number of aryl methyl sites for hydroxylation is 1. The molecule has 0 saturated carbocycles. The molecule has 2 rings (SSSR count). The van der Waals surface area contributed by atoms with E-state index in [4.69, 9.17) is 5.11 Å². The zero-order valence-corrected chi connectivity index (χ0v) is 9.97. The van der Waals surface area contributed by atoms with Crippen LogP contribution < -0.4 is 4.90 Å². The maximum absolute atomic E-state index is 11.8. The van der Waals surface area contributed by atoms with Crippen molar-refractivity contribution in [2.75, 3.05) is 4.90 Å². The number of rotatable bonds is 2. The Morgan fingerprint density at radius 2 is 1.83 bits per heavy atom. The highest BCUT2D eigenvalue weighted by molar-refractivity contribution is 6.19. The van der Waals surface area contributed by atoms with Gasteiger partial charge in [-0.15, -0.1) is 0 Å². The molecule has 0 atom stereocenters. The highest BCUT2D eigenvalue weighted by Crippen LogP contribution is 2.29. The van der Waals surface area contributed by atoms with Gasteiger partial charge in [0.1, 0.15) is 0 Å². The van der Waals surface area contributed by atoms with Gasteiger partial charge in [0, 0.05) is 12.8 Å². The zero-order chi connectivity index (χ0) is 13.3. The van der Waals surface area contributed by atoms with Gasteiger partial charge >= 0.3 is 5.97 Å². The number of hydrogen-bond donors (Lipinski definition) is 1. The summed E-state index contributed by atoms with van der Waals surface area (Å²) in [6.45, 7) is 1.69. The van der Waals surface area contributed by atoms with Crippen LogP contribution >= 0.6 is 0 Å². The number of benzene rings is 1. The van der Waals surface area contributed by atoms with Crippen molar-refractivity contribution >= 4 is 23.5 Å². The van der Waals surface area contributed by atoms with Crippen LogP contribution in [-0.2, 0) is 9.59 Å². The number of anilines is 1. The van der Waals surface area contributed by atoms with Crippen LogP contribution in [0.5, 0.6) is 0 Å². The average Bonchev–Trinajstić information content (AvgIpc) is 2.30. The van der Waals surface area contributed by atoms with Gasteiger partial charge in [-0.05, 0) is 25.0 Å². The van der Waals surface area contributed by atoms with Crippen LogP contribution in [0.15, 0.2) is 18.2 Å². The minimum absolute atomic E-state index is 0.0152. The van der Waals surface area contributed by atoms with Gasteiger partial charge in [0.15, 0.2) is 0 Å². The molecule has 5 heteroatoms. The standard InChI is InChI=1S/C13H13NO4/c1-8-4-2-5-9(13(17)18)12(8)14-10(15)6-3-7-11(14)16/h2,4-5H,3,6-7H2,1H3,(H,17,18). The number of carboxylic acid groups (broad SMARTS) is 1. The van der Waals surface area contributed by atoms with E-state index in [1.807, 2.05) is 0 Å². The Kier molecular flexibility index (Phi) is 3.14. The Morgan fingerprint density at radius 3 is 2.39 bits per heavy atom. The van der Waals surface area contributed by atoms with Crippen molar-refractivity contribution in [2.45, 2.75) is 26.2 Å². The van der Waals surface area contributed by atoms with Crippen LogP contribution in [0.3, 0.4) is 0 Å². The largest absolute Gasteiger partial charge is 0.478 e. The second kappa shape index (κ2) is 4.60. The number of hydrogen-bond acceptors (Lipinski definition) is 3. The van der Waals surface area contributed by atoms with E-state index < -0.39 is 5.97 Å². The third-order valence-corrected chi connectivity index (χ3v) is 2.97. The van der Waals surface area contributed by atoms with E-state index in [9.17, 15) is 14.4 Å². The van der Waals surface area contributed by atoms with Crippen molar-refractivity contribution in [1.82, 2.24) is 0 Å². The Morgan fingerprint density at radius 1 is 1.22 bits per heavy atom. The summed E-state index contributed by atoms with van der Waals surface area (Å²) >= 11 is 0. The van der Waals surface area contributed by atoms with Crippen LogP contribution in [0.4, 0.5) is 5.69 Å². The van der Waals surface area contributed by atoms with E-state index in [1.54, 1.807) is 19.1 Å². The fourth-order valence-corrected chi connectivity index (χ4v) is 2.13. The summed E-state index contributed by atoms with van der Waals surface area (Å²) in [6.07, 6.45) is 1.08. The topological polar surface area (TPSA) is 74.7 Å². The summed E-state index contributed by atoms with van der Waals surface area (Å²) in [6, 6.07) is 4.69. The number of carbonyl (C=O) groups excluding carboxylic acids is 2. The first kappa shape index (κ1) is 12.3. The van der Waals surface area contributed by atoms with Gasteiger partial charge in [0.2, 0.25) is 11.8 Å². The molecule has 0 bridgehead atoms. The molecule has 0 unspecified atom stereocenters. The molecule has 1 aromatic carbocycles. The molecule has 0 aliphatic carbocycles. The van der Waals surface area contributed by atoms with Gasteiger partial charge in [-0.3, -0.25) is 9.59 Å². The number of carbonyl (C=O) groups is 3. The monoisotopic (exact) mass is 247 g/mol. The molecule has 0 spiro atoms. The van der Waals surface area contributed by atoms with Gasteiger partial charge in [0.25, 0.3) is 0 Å². The molecule has 1 saturated heterocycles. The van der Waals surface area contributed by atoms with Crippen molar-refractivity contribution in [2.24, 2.45) is 0 Å². The summed E-state index contributed by atoms with van der Waals surface area (Å²) in [5.74, 6) is -1.80. The Bertz CT molecular complexity index is 520. The highest BCUT2D eigenvalue weighted by Gasteiger charge is 2.31. The van der Waals surface area contributed by atoms with Gasteiger partial charge in [0.05, 0.1) is 11.3 Å². The van der Waals surface area contributed by atoms with E-state index in [1.165, 1.54) is 6.07 Å². The quantitative estimate of drug-likeness (QED) is 0.808. The number of piperidine rings is 1. The predicted octanol–water partition coefficient (Wildman–Crippen LogP) is 1.74. The second-order valence-electron chi connectivity index (χ2n) is 4.25. The van der Waals surface area contributed by atoms with Crippen LogP contribution in [0.25, 0.3) is 0 Å². The van der Waals surface area contributed by atoms with Crippen molar-refractivity contribution in [1.29, 1.82) is 0 Å². The van der Waals surface area contributed by atoms with E-state index in [2.05, 4.69) is 0 Å². The lowest BCUT2D eigenvalue weighted by molar-refractivity contribution is -0.129. The fourth-order valence-electron chi connectivity index (χ4n) is 2.13. The van der Waals surface area contributed by atoms with Crippen molar-refractivity contribution in [3.63, 3.8) is 0 Å². The summed E-state index contributed by atoms with van der Waals surface area (Å²) < 4.78 is 0. The third kappa shape index (κ3) is 1.99. The lowest BCUT2D eigenvalue weighted by atomic mass is 10.0. The zero-order valence-electron chi connectivity index (χ0n) is 9.97. The summed E-state index contributed by atoms with van der Waals surface area (Å²) in [5.41, 5.74) is 0.803. The smallest absolute Gasteiger partial charge is 0.337 e. The van der Waals surface area contributed by atoms with Gasteiger partial charge in [-0.1, -0.05) is 12.1 Å². The lowest BCUT2D eigenvalue weighted by Crippen LogP contribution is -2.41. The lowest BCUT2D eigenvalue weighted by Gasteiger charge is -2.27. The van der Waals surface area contributed by atoms with E-state index in [0.29, 0.717) is 12.0 Å². The summed E-state index contributed by atoms with van der Waals surface area (Å²) in [5, 5.41) is 9.14. The summed E-state index contributed by atoms with van der Waals surface area (Å²) in [7, 11) is 0. The molecule has 2 amide bonds. The molecular formula is C13H13NO4. The molecule has 1 aromatic rings. The number of carboxylic acids is 1. The van der Waals surface area contributed by atoms with Crippen molar-refractivity contribution in [3.05, 3.63) is 29.3 Å². The Labute approximate surface area is 104 Å². The second-order valence-corrected chi connectivity index (χ2v) is 4.25. The average molecular weight is 247 g/mol. The molecular weight excluding hydrogens is 234 g/mol. The molecule has 18 heavy (non-hydrogen) atoms. The molecule has 0 aromatic heterocycles. The Balaban J connectivity index is 2.58. The summed E-state index contributed by atoms with van der Waals surface area (Å²) in [4.78, 5) is 35.9. The molecule has 94 valence electrons. The van der Waals surface area contributed by atoms with Crippen molar-refractivity contribution in [3.8, 4) is 0 Å². The number of nitrogens with zero attached hydrogens (tertiary/aromatic N) is 1. The van der Waals surface area contributed by atoms with Gasteiger partial charge < -0.3 is 5.11 Å².